The van der Waals surface area contributed by atoms with Crippen molar-refractivity contribution in [2.45, 2.75) is 59.6 Å². The Labute approximate surface area is 151 Å². The van der Waals surface area contributed by atoms with E-state index < -0.39 is 11.7 Å². The summed E-state index contributed by atoms with van der Waals surface area (Å²) in [4.78, 5) is 14.0. The first-order valence-electron chi connectivity index (χ1n) is 8.84. The zero-order valence-corrected chi connectivity index (χ0v) is 16.0. The summed E-state index contributed by atoms with van der Waals surface area (Å²) < 4.78 is 5.23. The number of ether oxygens (including phenoxy) is 1. The van der Waals surface area contributed by atoms with Gasteiger partial charge in [0.2, 0.25) is 0 Å². The van der Waals surface area contributed by atoms with E-state index in [2.05, 4.69) is 30.1 Å². The van der Waals surface area contributed by atoms with Gasteiger partial charge < -0.3 is 15.0 Å². The summed E-state index contributed by atoms with van der Waals surface area (Å²) in [6, 6.07) is 8.10. The molecule has 0 spiro atoms. The summed E-state index contributed by atoms with van der Waals surface area (Å²) in [5.41, 5.74) is 2.39. The van der Waals surface area contributed by atoms with Gasteiger partial charge in [0.25, 0.3) is 0 Å². The average Bonchev–Trinajstić information content (AvgIpc) is 2.51. The van der Waals surface area contributed by atoms with E-state index in [1.807, 2.05) is 39.0 Å². The molecule has 1 aliphatic heterocycles. The maximum absolute atomic E-state index is 11.8. The summed E-state index contributed by atoms with van der Waals surface area (Å²) in [5.74, 6) is 0. The van der Waals surface area contributed by atoms with E-state index in [0.29, 0.717) is 17.5 Å². The Kier molecular flexibility index (Phi) is 5.62. The number of alkyl carbamates (subject to hydrolysis) is 1. The highest BCUT2D eigenvalue weighted by Gasteiger charge is 2.26. The molecule has 0 aliphatic carbocycles. The van der Waals surface area contributed by atoms with Crippen LogP contribution in [0.3, 0.4) is 0 Å². The maximum Gasteiger partial charge on any atom is 0.407 e. The highest BCUT2D eigenvalue weighted by Crippen LogP contribution is 2.33. The van der Waals surface area contributed by atoms with Crippen molar-refractivity contribution in [3.8, 4) is 6.07 Å². The molecule has 5 nitrogen and oxygen atoms in total. The molecule has 0 radical (unpaired) electrons. The largest absolute Gasteiger partial charge is 0.444 e. The van der Waals surface area contributed by atoms with E-state index in [1.165, 1.54) is 0 Å². The molecule has 0 bridgehead atoms. The van der Waals surface area contributed by atoms with Gasteiger partial charge in [-0.2, -0.15) is 5.26 Å². The predicted molar refractivity (Wildman–Crippen MR) is 99.5 cm³/mol. The standard InChI is InChI=1S/C20H29N3O2/c1-19(2,3)25-18(24)22-14-15-6-7-17(16(12-15)13-21)23-10-8-20(4,5)9-11-23/h6-7,12H,8-11,14H2,1-5H3,(H,22,24). The molecule has 1 aromatic rings. The van der Waals surface area contributed by atoms with Gasteiger partial charge in [-0.15, -0.1) is 0 Å². The van der Waals surface area contributed by atoms with Crippen LogP contribution in [0.4, 0.5) is 10.5 Å². The lowest BCUT2D eigenvalue weighted by molar-refractivity contribution is 0.0523. The molecule has 0 atom stereocenters. The SMILES string of the molecule is CC1(C)CCN(c2ccc(CNC(=O)OC(C)(C)C)cc2C#N)CC1. The second-order valence-electron chi connectivity index (χ2n) is 8.47. The summed E-state index contributed by atoms with van der Waals surface area (Å²) in [5, 5.41) is 12.3. The molecule has 2 rings (SSSR count). The third-order valence-corrected chi connectivity index (χ3v) is 4.47. The molecule has 0 unspecified atom stereocenters. The van der Waals surface area contributed by atoms with E-state index in [4.69, 9.17) is 4.74 Å². The third-order valence-electron chi connectivity index (χ3n) is 4.47. The number of nitrogens with one attached hydrogen (secondary N) is 1. The summed E-state index contributed by atoms with van der Waals surface area (Å²) >= 11 is 0. The van der Waals surface area contributed by atoms with Crippen LogP contribution in [0.15, 0.2) is 18.2 Å². The Bertz CT molecular complexity index is 658. The zero-order chi connectivity index (χ0) is 18.7. The van der Waals surface area contributed by atoms with Gasteiger partial charge in [0.1, 0.15) is 11.7 Å². The van der Waals surface area contributed by atoms with Crippen LogP contribution in [0.1, 0.15) is 58.6 Å². The highest BCUT2D eigenvalue weighted by molar-refractivity contribution is 5.68. The number of benzene rings is 1. The first-order valence-corrected chi connectivity index (χ1v) is 8.84. The zero-order valence-electron chi connectivity index (χ0n) is 16.0. The number of anilines is 1. The number of rotatable bonds is 3. The lowest BCUT2D eigenvalue weighted by atomic mass is 9.82. The third kappa shape index (κ3) is 5.67. The Morgan fingerprint density at radius 1 is 1.32 bits per heavy atom. The smallest absolute Gasteiger partial charge is 0.407 e. The normalized spacial score (nSPS) is 16.9. The van der Waals surface area contributed by atoms with Crippen molar-refractivity contribution in [1.82, 2.24) is 5.32 Å². The van der Waals surface area contributed by atoms with Crippen LogP contribution in [0.25, 0.3) is 0 Å². The van der Waals surface area contributed by atoms with Gasteiger partial charge in [0, 0.05) is 19.6 Å². The van der Waals surface area contributed by atoms with Crippen LogP contribution in [-0.2, 0) is 11.3 Å². The molecule has 136 valence electrons. The van der Waals surface area contributed by atoms with Gasteiger partial charge in [-0.1, -0.05) is 19.9 Å². The molecule has 1 saturated heterocycles. The van der Waals surface area contributed by atoms with Crippen LogP contribution in [0.2, 0.25) is 0 Å². The maximum atomic E-state index is 11.8. The molecule has 5 heteroatoms. The average molecular weight is 343 g/mol. The van der Waals surface area contributed by atoms with Crippen molar-refractivity contribution in [2.75, 3.05) is 18.0 Å². The van der Waals surface area contributed by atoms with E-state index in [-0.39, 0.29) is 0 Å². The number of amides is 1. The van der Waals surface area contributed by atoms with Crippen molar-refractivity contribution in [1.29, 1.82) is 5.26 Å². The van der Waals surface area contributed by atoms with Crippen molar-refractivity contribution in [2.24, 2.45) is 5.41 Å². The predicted octanol–water partition coefficient (Wildman–Crippen LogP) is 4.21. The Hall–Kier alpha value is -2.22. The monoisotopic (exact) mass is 343 g/mol. The number of piperidine rings is 1. The van der Waals surface area contributed by atoms with Crippen molar-refractivity contribution >= 4 is 11.8 Å². The van der Waals surface area contributed by atoms with E-state index in [1.54, 1.807) is 0 Å². The fourth-order valence-electron chi connectivity index (χ4n) is 2.90. The fraction of sp³-hybridized carbons (Fsp3) is 0.600. The fourth-order valence-corrected chi connectivity index (χ4v) is 2.90. The second-order valence-corrected chi connectivity index (χ2v) is 8.47. The number of hydrogen-bond acceptors (Lipinski definition) is 4. The highest BCUT2D eigenvalue weighted by atomic mass is 16.6. The van der Waals surface area contributed by atoms with Gasteiger partial charge in [-0.3, -0.25) is 0 Å². The van der Waals surface area contributed by atoms with Crippen LogP contribution < -0.4 is 10.2 Å². The molecule has 1 N–H and O–H groups in total. The molecule has 1 aromatic carbocycles. The second kappa shape index (κ2) is 7.35. The molecule has 0 aromatic heterocycles. The van der Waals surface area contributed by atoms with Crippen LogP contribution >= 0.6 is 0 Å². The van der Waals surface area contributed by atoms with E-state index in [9.17, 15) is 10.1 Å². The molecule has 1 amide bonds. The first-order chi connectivity index (χ1) is 11.6. The topological polar surface area (TPSA) is 65.4 Å². The molecule has 25 heavy (non-hydrogen) atoms. The minimum absolute atomic E-state index is 0.344. The number of nitriles is 1. The minimum Gasteiger partial charge on any atom is -0.444 e. The Morgan fingerprint density at radius 2 is 1.96 bits per heavy atom. The molecule has 1 heterocycles. The van der Waals surface area contributed by atoms with Gasteiger partial charge >= 0.3 is 6.09 Å². The summed E-state index contributed by atoms with van der Waals surface area (Å²) in [7, 11) is 0. The number of hydrogen-bond donors (Lipinski definition) is 1. The summed E-state index contributed by atoms with van der Waals surface area (Å²) in [6.07, 6.45) is 1.80. The van der Waals surface area contributed by atoms with Crippen LogP contribution in [0, 0.1) is 16.7 Å². The minimum atomic E-state index is -0.520. The Balaban J connectivity index is 2.02. The number of carbonyl (C=O) groups is 1. The van der Waals surface area contributed by atoms with Crippen LogP contribution in [-0.4, -0.2) is 24.8 Å². The van der Waals surface area contributed by atoms with Crippen LogP contribution in [0.5, 0.6) is 0 Å². The molecular formula is C20H29N3O2. The lowest BCUT2D eigenvalue weighted by Gasteiger charge is -2.38. The van der Waals surface area contributed by atoms with Gasteiger partial charge in [0.15, 0.2) is 0 Å². The molecule has 1 aliphatic rings. The number of carbonyl (C=O) groups excluding carboxylic acids is 1. The summed E-state index contributed by atoms with van der Waals surface area (Å²) in [6.45, 7) is 12.4. The quantitative estimate of drug-likeness (QED) is 0.893. The van der Waals surface area contributed by atoms with Gasteiger partial charge in [-0.25, -0.2) is 4.79 Å². The molecular weight excluding hydrogens is 314 g/mol. The lowest BCUT2D eigenvalue weighted by Crippen LogP contribution is -2.37. The van der Waals surface area contributed by atoms with Crippen molar-refractivity contribution in [3.63, 3.8) is 0 Å². The number of nitrogens with zero attached hydrogens (tertiary/aromatic N) is 2. The molecule has 0 saturated carbocycles. The van der Waals surface area contributed by atoms with E-state index >= 15 is 0 Å². The van der Waals surface area contributed by atoms with E-state index in [0.717, 1.165) is 37.2 Å². The Morgan fingerprint density at radius 3 is 2.52 bits per heavy atom. The van der Waals surface area contributed by atoms with Gasteiger partial charge in [0.05, 0.1) is 11.3 Å². The van der Waals surface area contributed by atoms with Gasteiger partial charge in [-0.05, 0) is 56.7 Å². The first kappa shape index (κ1) is 19.1. The van der Waals surface area contributed by atoms with Crippen molar-refractivity contribution in [3.05, 3.63) is 29.3 Å². The van der Waals surface area contributed by atoms with Crippen molar-refractivity contribution < 1.29 is 9.53 Å². The molecule has 1 fully saturated rings.